The summed E-state index contributed by atoms with van der Waals surface area (Å²) in [4.78, 5) is 32.8. The van der Waals surface area contributed by atoms with Gasteiger partial charge >= 0.3 is 6.18 Å². The fourth-order valence-corrected chi connectivity index (χ4v) is 7.16. The lowest BCUT2D eigenvalue weighted by molar-refractivity contribution is -0.137. The first kappa shape index (κ1) is 31.2. The Kier molecular flexibility index (Phi) is 7.33. The molecule has 6 heterocycles. The van der Waals surface area contributed by atoms with Gasteiger partial charge in [-0.25, -0.2) is 13.8 Å². The smallest absolute Gasteiger partial charge is 0.417 e. The van der Waals surface area contributed by atoms with Crippen molar-refractivity contribution in [2.45, 2.75) is 31.1 Å². The largest absolute Gasteiger partial charge is 0.490 e. The number of nitrogens with one attached hydrogen (secondary N) is 1. The molecule has 3 aliphatic heterocycles. The number of hydrogen-bond acceptors (Lipinski definition) is 6. The Morgan fingerprint density at radius 3 is 2.57 bits per heavy atom. The molecule has 49 heavy (non-hydrogen) atoms. The van der Waals surface area contributed by atoms with Crippen LogP contribution < -0.4 is 10.1 Å². The number of ketones is 1. The highest BCUT2D eigenvalue weighted by Gasteiger charge is 2.41. The number of rotatable bonds is 6. The van der Waals surface area contributed by atoms with Gasteiger partial charge in [-0.1, -0.05) is 12.1 Å². The summed E-state index contributed by atoms with van der Waals surface area (Å²) in [7, 11) is 1.59. The minimum atomic E-state index is -4.76. The first-order valence-electron chi connectivity index (χ1n) is 15.7. The van der Waals surface area contributed by atoms with Gasteiger partial charge in [-0.3, -0.25) is 14.5 Å². The number of anilines is 1. The van der Waals surface area contributed by atoms with Crippen LogP contribution in [0.3, 0.4) is 0 Å². The fraction of sp³-hybridized carbons (Fsp3) is 0.286. The number of carbonyl (C=O) groups excluding carboxylic acids is 2. The molecule has 0 saturated carbocycles. The molecule has 2 atom stereocenters. The van der Waals surface area contributed by atoms with E-state index in [2.05, 4.69) is 15.2 Å². The number of hydrogen-bond donors (Lipinski definition) is 1. The SMILES string of the molecule is Cn1cnc2c3c(c(C(F)(F)F)cc21)-c1cccn2c(C(=O)c4cc(F)c(NC(=O)/C=C/CN5C6COCC5C6)c(F)c4)cc(c12)CCO3. The number of nitrogens with zero attached hydrogens (tertiary/aromatic N) is 4. The maximum absolute atomic E-state index is 15.2. The summed E-state index contributed by atoms with van der Waals surface area (Å²) in [6, 6.07) is 7.79. The van der Waals surface area contributed by atoms with Crippen LogP contribution in [-0.2, 0) is 29.2 Å². The van der Waals surface area contributed by atoms with E-state index in [0.717, 1.165) is 24.6 Å². The quantitative estimate of drug-likeness (QED) is 0.136. The Bertz CT molecular complexity index is 2180. The number of ether oxygens (including phenoxy) is 2. The maximum atomic E-state index is 15.2. The number of fused-ring (bicyclic) bond motifs is 6. The maximum Gasteiger partial charge on any atom is 0.417 e. The molecule has 0 spiro atoms. The summed E-state index contributed by atoms with van der Waals surface area (Å²) >= 11 is 0. The van der Waals surface area contributed by atoms with Crippen molar-refractivity contribution in [1.82, 2.24) is 18.9 Å². The van der Waals surface area contributed by atoms with Crippen LogP contribution in [0.5, 0.6) is 5.75 Å². The van der Waals surface area contributed by atoms with Gasteiger partial charge in [0.25, 0.3) is 0 Å². The zero-order valence-electron chi connectivity index (χ0n) is 26.0. The molecule has 3 aliphatic rings. The highest BCUT2D eigenvalue weighted by molar-refractivity contribution is 6.10. The van der Waals surface area contributed by atoms with E-state index in [9.17, 15) is 22.8 Å². The highest BCUT2D eigenvalue weighted by atomic mass is 19.4. The molecular weight excluding hydrogens is 649 g/mol. The second-order valence-corrected chi connectivity index (χ2v) is 12.5. The Morgan fingerprint density at radius 2 is 1.86 bits per heavy atom. The van der Waals surface area contributed by atoms with E-state index >= 15 is 8.78 Å². The molecule has 1 N–H and O–H groups in total. The zero-order valence-corrected chi connectivity index (χ0v) is 26.0. The van der Waals surface area contributed by atoms with Crippen LogP contribution in [0.25, 0.3) is 27.7 Å². The number of halogens is 5. The highest BCUT2D eigenvalue weighted by Crippen LogP contribution is 2.48. The molecule has 2 aromatic carbocycles. The predicted molar refractivity (Wildman–Crippen MR) is 169 cm³/mol. The van der Waals surface area contributed by atoms with Crippen molar-refractivity contribution in [2.24, 2.45) is 7.05 Å². The van der Waals surface area contributed by atoms with E-state index < -0.39 is 40.8 Å². The average Bonchev–Trinajstić information content (AvgIpc) is 3.63. The van der Waals surface area contributed by atoms with Crippen LogP contribution in [0, 0.1) is 11.6 Å². The van der Waals surface area contributed by atoms with Gasteiger partial charge < -0.3 is 23.8 Å². The van der Waals surface area contributed by atoms with Gasteiger partial charge in [0.15, 0.2) is 5.75 Å². The Labute approximate surface area is 275 Å². The summed E-state index contributed by atoms with van der Waals surface area (Å²) in [6.07, 6.45) is 2.26. The van der Waals surface area contributed by atoms with Gasteiger partial charge in [-0.05, 0) is 42.3 Å². The summed E-state index contributed by atoms with van der Waals surface area (Å²) in [6.45, 7) is 1.76. The van der Waals surface area contributed by atoms with Crippen LogP contribution >= 0.6 is 0 Å². The van der Waals surface area contributed by atoms with Crippen molar-refractivity contribution in [3.8, 4) is 16.9 Å². The van der Waals surface area contributed by atoms with Crippen molar-refractivity contribution in [1.29, 1.82) is 0 Å². The number of amides is 1. The van der Waals surface area contributed by atoms with Gasteiger partial charge in [0, 0.05) is 61.1 Å². The molecule has 8 rings (SSSR count). The van der Waals surface area contributed by atoms with E-state index in [1.807, 2.05) is 0 Å². The minimum absolute atomic E-state index is 0.0116. The molecular formula is C35H28F5N5O4. The summed E-state index contributed by atoms with van der Waals surface area (Å²) < 4.78 is 88.5. The van der Waals surface area contributed by atoms with E-state index in [0.29, 0.717) is 42.9 Å². The molecule has 14 heteroatoms. The number of imidazole rings is 1. The molecule has 1 amide bonds. The molecule has 0 radical (unpaired) electrons. The predicted octanol–water partition coefficient (Wildman–Crippen LogP) is 5.92. The number of morpholine rings is 1. The molecule has 252 valence electrons. The molecule has 2 saturated heterocycles. The van der Waals surface area contributed by atoms with Crippen molar-refractivity contribution in [3.63, 3.8) is 0 Å². The molecule has 2 fully saturated rings. The zero-order chi connectivity index (χ0) is 34.2. The number of aryl methyl sites for hydroxylation is 1. The van der Waals surface area contributed by atoms with Gasteiger partial charge in [-0.15, -0.1) is 0 Å². The van der Waals surface area contributed by atoms with Crippen LogP contribution in [0.2, 0.25) is 0 Å². The lowest BCUT2D eigenvalue weighted by Crippen LogP contribution is -2.63. The van der Waals surface area contributed by atoms with Crippen molar-refractivity contribution in [3.05, 3.63) is 95.1 Å². The molecule has 2 unspecified atom stereocenters. The fourth-order valence-electron chi connectivity index (χ4n) is 7.16. The lowest BCUT2D eigenvalue weighted by Gasteiger charge is -2.52. The van der Waals surface area contributed by atoms with Crippen molar-refractivity contribution >= 4 is 33.9 Å². The molecule has 3 aromatic heterocycles. The van der Waals surface area contributed by atoms with E-state index in [4.69, 9.17) is 9.47 Å². The first-order chi connectivity index (χ1) is 23.5. The minimum Gasteiger partial charge on any atom is -0.490 e. The molecule has 2 bridgehead atoms. The number of pyridine rings is 1. The monoisotopic (exact) mass is 677 g/mol. The van der Waals surface area contributed by atoms with Crippen LogP contribution in [0.15, 0.2) is 61.1 Å². The number of aromatic nitrogens is 3. The molecule has 9 nitrogen and oxygen atoms in total. The lowest BCUT2D eigenvalue weighted by atomic mass is 9.91. The Balaban J connectivity index is 1.12. The van der Waals surface area contributed by atoms with Crippen LogP contribution in [0.4, 0.5) is 27.6 Å². The van der Waals surface area contributed by atoms with Crippen molar-refractivity contribution < 1.29 is 41.0 Å². The number of alkyl halides is 3. The second kappa shape index (κ2) is 11.5. The second-order valence-electron chi connectivity index (χ2n) is 12.5. The van der Waals surface area contributed by atoms with Gasteiger partial charge in [-0.2, -0.15) is 13.2 Å². The Hall–Kier alpha value is -5.08. The molecule has 5 aromatic rings. The van der Waals surface area contributed by atoms with E-state index in [-0.39, 0.29) is 52.2 Å². The standard InChI is InChI=1S/C35H28F5N5O4/c1-43-17-41-31-26(43)14-23(35(38,39)40)29-22-4-2-8-45-27(12-18(32(22)45)6-9-49-34(29)31)33(47)19-10-24(36)30(25(37)11-19)42-28(46)5-3-7-44-20-13-21(44)16-48-15-20/h2-5,8,10-12,14,17,20-21H,6-7,9,13,15-16H2,1H3,(H,42,46)/b5-3+. The van der Waals surface area contributed by atoms with Gasteiger partial charge in [0.05, 0.1) is 48.4 Å². The van der Waals surface area contributed by atoms with Gasteiger partial charge in [0.1, 0.15) is 22.8 Å². The van der Waals surface area contributed by atoms with Crippen molar-refractivity contribution in [2.75, 3.05) is 31.7 Å². The number of benzene rings is 2. The van der Waals surface area contributed by atoms with E-state index in [1.165, 1.54) is 45.8 Å². The van der Waals surface area contributed by atoms with Crippen LogP contribution in [0.1, 0.15) is 33.6 Å². The van der Waals surface area contributed by atoms with Crippen LogP contribution in [-0.4, -0.2) is 69.0 Å². The third-order valence-corrected chi connectivity index (χ3v) is 9.51. The summed E-state index contributed by atoms with van der Waals surface area (Å²) in [5.74, 6) is -3.84. The first-order valence-corrected chi connectivity index (χ1v) is 15.7. The normalized spacial score (nSPS) is 19.0. The van der Waals surface area contributed by atoms with Gasteiger partial charge in [0.2, 0.25) is 11.7 Å². The number of carbonyl (C=O) groups is 2. The third-order valence-electron chi connectivity index (χ3n) is 9.51. The Morgan fingerprint density at radius 1 is 1.10 bits per heavy atom. The topological polar surface area (TPSA) is 90.1 Å². The summed E-state index contributed by atoms with van der Waals surface area (Å²) in [5.41, 5.74) is -0.671. The molecule has 0 aliphatic carbocycles. The third kappa shape index (κ3) is 5.17. The summed E-state index contributed by atoms with van der Waals surface area (Å²) in [5, 5.41) is 2.21. The van der Waals surface area contributed by atoms with E-state index in [1.54, 1.807) is 13.1 Å². The average molecular weight is 678 g/mol.